The van der Waals surface area contributed by atoms with E-state index in [0.29, 0.717) is 38.5 Å². The molecule has 1 N–H and O–H groups in total. The van der Waals surface area contributed by atoms with E-state index in [0.717, 1.165) is 42.0 Å². The van der Waals surface area contributed by atoms with Crippen molar-refractivity contribution in [2.45, 2.75) is 30.8 Å². The fourth-order valence-corrected chi connectivity index (χ4v) is 5.53. The van der Waals surface area contributed by atoms with Gasteiger partial charge in [0.05, 0.1) is 27.9 Å². The fraction of sp³-hybridized carbons (Fsp3) is 0.333. The van der Waals surface area contributed by atoms with Crippen molar-refractivity contribution >= 4 is 81.3 Å². The van der Waals surface area contributed by atoms with Crippen molar-refractivity contribution in [3.8, 4) is 0 Å². The summed E-state index contributed by atoms with van der Waals surface area (Å²) in [5, 5.41) is 3.74. The largest absolute Gasteiger partial charge is 0.468 e. The van der Waals surface area contributed by atoms with E-state index in [-0.39, 0.29) is 27.4 Å². The standard InChI is InChI=1S/C15H15ClFN3O3S2.C9H10Cl2N2O/c1-23-13(21)8-24-12-7-11(10(17)6-9(12)16)18-14-19-4-2-3-5-20(19)15(22)25-14;1-13(2)9(14)12-6-3-4-7(10)8(11)5-6/h6-7H,2-5,8H2,1H3;3-5H,1-2H3,(H,12,14). The lowest BCUT2D eigenvalue weighted by molar-refractivity contribution is -0.137. The zero-order valence-electron chi connectivity index (χ0n) is 21.2. The summed E-state index contributed by atoms with van der Waals surface area (Å²) in [5.74, 6) is -0.923. The van der Waals surface area contributed by atoms with Crippen LogP contribution >= 0.6 is 57.9 Å². The molecule has 15 heteroatoms. The van der Waals surface area contributed by atoms with Gasteiger partial charge in [-0.25, -0.2) is 18.9 Å². The number of thioether (sulfide) groups is 1. The molecule has 0 saturated heterocycles. The molecule has 0 aliphatic carbocycles. The summed E-state index contributed by atoms with van der Waals surface area (Å²) in [7, 11) is 4.62. The summed E-state index contributed by atoms with van der Waals surface area (Å²) in [6.07, 6.45) is 1.90. The minimum absolute atomic E-state index is 0.0605. The van der Waals surface area contributed by atoms with Crippen LogP contribution in [0, 0.1) is 5.82 Å². The summed E-state index contributed by atoms with van der Waals surface area (Å²) in [5.41, 5.74) is 0.706. The predicted octanol–water partition coefficient (Wildman–Crippen LogP) is 5.88. The van der Waals surface area contributed by atoms with E-state index < -0.39 is 11.8 Å². The number of rotatable bonds is 5. The number of carbonyl (C=O) groups is 2. The van der Waals surface area contributed by atoms with Crippen molar-refractivity contribution < 1.29 is 18.7 Å². The minimum Gasteiger partial charge on any atom is -0.468 e. The minimum atomic E-state index is -0.580. The SMILES string of the molecule is CN(C)C(=O)Nc1ccc(Cl)c(Cl)c1.COC(=O)CSc1cc(N=c2sc(=O)n3n2CCCC3)c(F)cc1Cl. The first kappa shape index (κ1) is 31.0. The van der Waals surface area contributed by atoms with Crippen LogP contribution in [-0.4, -0.2) is 53.2 Å². The van der Waals surface area contributed by atoms with Gasteiger partial charge in [0.15, 0.2) is 0 Å². The van der Waals surface area contributed by atoms with Gasteiger partial charge in [-0.05, 0) is 54.5 Å². The van der Waals surface area contributed by atoms with Crippen LogP contribution in [0.25, 0.3) is 0 Å². The third-order valence-corrected chi connectivity index (χ3v) is 8.32. The molecule has 0 bridgehead atoms. The first-order valence-electron chi connectivity index (χ1n) is 11.5. The van der Waals surface area contributed by atoms with Crippen molar-refractivity contribution in [3.63, 3.8) is 0 Å². The normalized spacial score (nSPS) is 12.7. The topological polar surface area (TPSA) is 97.9 Å². The molecule has 0 radical (unpaired) electrons. The molecule has 2 heterocycles. The number of nitrogens with one attached hydrogen (secondary N) is 1. The summed E-state index contributed by atoms with van der Waals surface area (Å²) in [6, 6.07) is 7.37. The van der Waals surface area contributed by atoms with E-state index in [1.807, 2.05) is 0 Å². The monoisotopic (exact) mass is 635 g/mol. The van der Waals surface area contributed by atoms with Crippen molar-refractivity contribution in [1.29, 1.82) is 0 Å². The van der Waals surface area contributed by atoms with Gasteiger partial charge in [-0.1, -0.05) is 34.8 Å². The fourth-order valence-electron chi connectivity index (χ4n) is 3.24. The van der Waals surface area contributed by atoms with Crippen LogP contribution in [0.2, 0.25) is 15.1 Å². The number of amides is 2. The molecule has 39 heavy (non-hydrogen) atoms. The number of ether oxygens (including phenoxy) is 1. The van der Waals surface area contributed by atoms with E-state index in [1.165, 1.54) is 18.1 Å². The smallest absolute Gasteiger partial charge is 0.325 e. The highest BCUT2D eigenvalue weighted by Crippen LogP contribution is 2.33. The Balaban J connectivity index is 0.000000255. The second-order valence-electron chi connectivity index (χ2n) is 8.27. The molecule has 2 aromatic carbocycles. The highest BCUT2D eigenvalue weighted by Gasteiger charge is 2.15. The van der Waals surface area contributed by atoms with E-state index in [4.69, 9.17) is 34.8 Å². The van der Waals surface area contributed by atoms with Gasteiger partial charge in [-0.15, -0.1) is 11.8 Å². The number of aromatic nitrogens is 2. The molecule has 3 aromatic rings. The average Bonchev–Trinajstić information content (AvgIpc) is 3.22. The van der Waals surface area contributed by atoms with Gasteiger partial charge in [0.1, 0.15) is 11.5 Å². The third kappa shape index (κ3) is 8.49. The van der Waals surface area contributed by atoms with Gasteiger partial charge in [0.25, 0.3) is 0 Å². The number of urea groups is 1. The molecule has 1 aliphatic rings. The predicted molar refractivity (Wildman–Crippen MR) is 154 cm³/mol. The van der Waals surface area contributed by atoms with Crippen LogP contribution in [-0.2, 0) is 22.6 Å². The van der Waals surface area contributed by atoms with Gasteiger partial charge in [0.2, 0.25) is 4.80 Å². The summed E-state index contributed by atoms with van der Waals surface area (Å²) < 4.78 is 22.3. The Morgan fingerprint density at radius 1 is 1.10 bits per heavy atom. The molecule has 0 spiro atoms. The number of carbonyl (C=O) groups excluding carboxylic acids is 2. The number of halogens is 4. The van der Waals surface area contributed by atoms with Crippen LogP contribution in [0.4, 0.5) is 20.6 Å². The van der Waals surface area contributed by atoms with Crippen LogP contribution in [0.1, 0.15) is 12.8 Å². The van der Waals surface area contributed by atoms with E-state index >= 15 is 0 Å². The number of fused-ring (bicyclic) bond motifs is 1. The van der Waals surface area contributed by atoms with E-state index in [9.17, 15) is 18.8 Å². The number of anilines is 1. The Hall–Kier alpha value is -2.51. The molecule has 0 fully saturated rings. The highest BCUT2D eigenvalue weighted by atomic mass is 35.5. The zero-order valence-corrected chi connectivity index (χ0v) is 25.1. The van der Waals surface area contributed by atoms with E-state index in [1.54, 1.807) is 41.7 Å². The van der Waals surface area contributed by atoms with Gasteiger partial charge in [0, 0.05) is 37.8 Å². The summed E-state index contributed by atoms with van der Waals surface area (Å²) >= 11 is 19.7. The van der Waals surface area contributed by atoms with Crippen LogP contribution < -0.4 is 15.0 Å². The second-order valence-corrected chi connectivity index (χ2v) is 11.4. The molecule has 1 aliphatic heterocycles. The lowest BCUT2D eigenvalue weighted by Gasteiger charge is -2.15. The quantitative estimate of drug-likeness (QED) is 0.279. The number of hydrogen-bond donors (Lipinski definition) is 1. The number of esters is 1. The Bertz CT molecular complexity index is 1490. The average molecular weight is 637 g/mol. The van der Waals surface area contributed by atoms with Gasteiger partial charge < -0.3 is 15.0 Å². The van der Waals surface area contributed by atoms with Crippen molar-refractivity contribution in [1.82, 2.24) is 14.3 Å². The third-order valence-electron chi connectivity index (χ3n) is 5.26. The lowest BCUT2D eigenvalue weighted by atomic mass is 10.3. The van der Waals surface area contributed by atoms with Crippen LogP contribution in [0.5, 0.6) is 0 Å². The lowest BCUT2D eigenvalue weighted by Crippen LogP contribution is -2.31. The number of hydrogen-bond acceptors (Lipinski definition) is 7. The number of nitrogens with zero attached hydrogens (tertiary/aromatic N) is 4. The Kier molecular flexibility index (Phi) is 11.3. The summed E-state index contributed by atoms with van der Waals surface area (Å²) in [4.78, 5) is 41.2. The molecule has 1 aromatic heterocycles. The van der Waals surface area contributed by atoms with Crippen molar-refractivity contribution in [3.05, 3.63) is 65.7 Å². The van der Waals surface area contributed by atoms with Crippen molar-refractivity contribution in [2.24, 2.45) is 4.99 Å². The Morgan fingerprint density at radius 3 is 2.44 bits per heavy atom. The molecule has 210 valence electrons. The Labute approximate surface area is 247 Å². The molecule has 4 rings (SSSR count). The van der Waals surface area contributed by atoms with Crippen LogP contribution in [0.15, 0.2) is 45.0 Å². The summed E-state index contributed by atoms with van der Waals surface area (Å²) in [6.45, 7) is 1.32. The molecule has 9 nitrogen and oxygen atoms in total. The highest BCUT2D eigenvalue weighted by molar-refractivity contribution is 8.00. The number of methoxy groups -OCH3 is 1. The van der Waals surface area contributed by atoms with Gasteiger partial charge >= 0.3 is 16.9 Å². The van der Waals surface area contributed by atoms with Crippen LogP contribution in [0.3, 0.4) is 0 Å². The maximum absolute atomic E-state index is 14.3. The molecular weight excluding hydrogens is 612 g/mol. The molecule has 0 saturated carbocycles. The van der Waals surface area contributed by atoms with Crippen molar-refractivity contribution in [2.75, 3.05) is 32.3 Å². The molecule has 0 atom stereocenters. The van der Waals surface area contributed by atoms with E-state index in [2.05, 4.69) is 15.0 Å². The molecule has 0 unspecified atom stereocenters. The van der Waals surface area contributed by atoms with Gasteiger partial charge in [-0.2, -0.15) is 0 Å². The second kappa shape index (κ2) is 14.2. The Morgan fingerprint density at radius 2 is 1.79 bits per heavy atom. The van der Waals surface area contributed by atoms with Gasteiger partial charge in [-0.3, -0.25) is 14.3 Å². The molecular formula is C24H25Cl3FN5O4S2. The molecule has 2 amide bonds. The first-order valence-corrected chi connectivity index (χ1v) is 14.4. The maximum Gasteiger partial charge on any atom is 0.325 e. The maximum atomic E-state index is 14.3. The zero-order chi connectivity index (χ0) is 28.7. The first-order chi connectivity index (χ1) is 18.5. The number of benzene rings is 2.